The van der Waals surface area contributed by atoms with Crippen LogP contribution in [-0.2, 0) is 4.79 Å². The van der Waals surface area contributed by atoms with Gasteiger partial charge in [-0.3, -0.25) is 4.79 Å². The number of unbranched alkanes of at least 4 members (excludes halogenated alkanes) is 1. The van der Waals surface area contributed by atoms with Crippen LogP contribution in [-0.4, -0.2) is 23.9 Å². The molecule has 1 unspecified atom stereocenters. The molecule has 0 rings (SSSR count). The fraction of sp³-hybridized carbons (Fsp3) is 0.889. The average Bonchev–Trinajstić information content (AvgIpc) is 2.00. The Balaban J connectivity index is 3.67. The first-order chi connectivity index (χ1) is 6.85. The van der Waals surface area contributed by atoms with Gasteiger partial charge in [-0.2, -0.15) is 13.2 Å². The topological polar surface area (TPSA) is 43.1 Å². The molecule has 1 atom stereocenters. The van der Waals surface area contributed by atoms with Gasteiger partial charge in [-0.1, -0.05) is 0 Å². The molecule has 0 heterocycles. The highest BCUT2D eigenvalue weighted by Gasteiger charge is 2.30. The van der Waals surface area contributed by atoms with Crippen LogP contribution >= 0.6 is 11.6 Å². The number of hydrogen-bond acceptors (Lipinski definition) is 2. The molecule has 0 fully saturated rings. The Morgan fingerprint density at radius 3 is 2.40 bits per heavy atom. The maximum atomic E-state index is 11.9. The van der Waals surface area contributed by atoms with Crippen molar-refractivity contribution >= 4 is 17.4 Å². The van der Waals surface area contributed by atoms with E-state index in [2.05, 4.69) is 0 Å². The zero-order valence-corrected chi connectivity index (χ0v) is 9.07. The third kappa shape index (κ3) is 10.0. The van der Waals surface area contributed by atoms with Crippen molar-refractivity contribution in [2.75, 3.05) is 5.88 Å². The number of alkyl halides is 4. The van der Waals surface area contributed by atoms with Crippen molar-refractivity contribution in [3.05, 3.63) is 0 Å². The van der Waals surface area contributed by atoms with Gasteiger partial charge in [-0.25, -0.2) is 0 Å². The number of carbonyl (C=O) groups is 1. The number of ketones is 1. The van der Waals surface area contributed by atoms with Gasteiger partial charge in [0.05, 0.1) is 6.42 Å². The van der Waals surface area contributed by atoms with Crippen LogP contribution in [0.25, 0.3) is 0 Å². The number of rotatable bonds is 7. The molecule has 0 saturated carbocycles. The summed E-state index contributed by atoms with van der Waals surface area (Å²) in [7, 11) is 0. The number of carbonyl (C=O) groups excluding carboxylic acids is 1. The first kappa shape index (κ1) is 14.7. The van der Waals surface area contributed by atoms with Crippen molar-refractivity contribution in [3.8, 4) is 0 Å². The molecule has 0 aliphatic carbocycles. The molecule has 0 aromatic heterocycles. The molecule has 2 nitrogen and oxygen atoms in total. The zero-order valence-electron chi connectivity index (χ0n) is 8.32. The lowest BCUT2D eigenvalue weighted by atomic mass is 10.0. The number of Topliss-reactive ketones (excluding diaryl/α,β-unsaturated/α-hetero) is 1. The van der Waals surface area contributed by atoms with Crippen molar-refractivity contribution in [2.45, 2.75) is 44.3 Å². The molecule has 0 amide bonds. The molecular formula is C9H15ClF3NO. The maximum Gasteiger partial charge on any atom is 0.390 e. The van der Waals surface area contributed by atoms with E-state index in [0.717, 1.165) is 0 Å². The average molecular weight is 246 g/mol. The van der Waals surface area contributed by atoms with Gasteiger partial charge in [0.25, 0.3) is 0 Å². The number of hydrogen-bond donors (Lipinski definition) is 1. The highest BCUT2D eigenvalue weighted by Crippen LogP contribution is 2.22. The molecule has 0 radical (unpaired) electrons. The van der Waals surface area contributed by atoms with Gasteiger partial charge in [-0.15, -0.1) is 11.6 Å². The van der Waals surface area contributed by atoms with E-state index in [1.165, 1.54) is 0 Å². The van der Waals surface area contributed by atoms with Crippen molar-refractivity contribution in [2.24, 2.45) is 5.73 Å². The van der Waals surface area contributed by atoms with E-state index in [9.17, 15) is 18.0 Å². The third-order valence-electron chi connectivity index (χ3n) is 1.82. The van der Waals surface area contributed by atoms with Gasteiger partial charge in [-0.05, 0) is 12.8 Å². The highest BCUT2D eigenvalue weighted by atomic mass is 35.5. The van der Waals surface area contributed by atoms with Crippen molar-refractivity contribution in [1.82, 2.24) is 0 Å². The van der Waals surface area contributed by atoms with Crippen LogP contribution in [0.2, 0.25) is 0 Å². The van der Waals surface area contributed by atoms with Gasteiger partial charge in [0, 0.05) is 24.8 Å². The molecule has 90 valence electrons. The van der Waals surface area contributed by atoms with Gasteiger partial charge >= 0.3 is 6.18 Å². The summed E-state index contributed by atoms with van der Waals surface area (Å²) in [5.74, 6) is 0.235. The molecule has 0 saturated heterocycles. The van der Waals surface area contributed by atoms with Crippen LogP contribution < -0.4 is 5.73 Å². The first-order valence-electron chi connectivity index (χ1n) is 4.75. The van der Waals surface area contributed by atoms with E-state index in [-0.39, 0.29) is 18.6 Å². The minimum Gasteiger partial charge on any atom is -0.327 e. The lowest BCUT2D eigenvalue weighted by Crippen LogP contribution is -2.29. The summed E-state index contributed by atoms with van der Waals surface area (Å²) in [6, 6.07) is -1.12. The summed E-state index contributed by atoms with van der Waals surface area (Å²) in [6.45, 7) is 0. The first-order valence-corrected chi connectivity index (χ1v) is 5.28. The Morgan fingerprint density at radius 2 is 1.93 bits per heavy atom. The second kappa shape index (κ2) is 7.06. The lowest BCUT2D eigenvalue weighted by Gasteiger charge is -2.12. The predicted octanol–water partition coefficient (Wildman–Crippen LogP) is 2.63. The molecule has 6 heteroatoms. The van der Waals surface area contributed by atoms with E-state index >= 15 is 0 Å². The summed E-state index contributed by atoms with van der Waals surface area (Å²) in [5.41, 5.74) is 5.20. The molecule has 0 aromatic carbocycles. The smallest absolute Gasteiger partial charge is 0.327 e. The quantitative estimate of drug-likeness (QED) is 0.554. The summed E-state index contributed by atoms with van der Waals surface area (Å²) in [4.78, 5) is 11.1. The Kier molecular flexibility index (Phi) is 6.92. The summed E-state index contributed by atoms with van der Waals surface area (Å²) < 4.78 is 35.6. The fourth-order valence-electron chi connectivity index (χ4n) is 1.18. The van der Waals surface area contributed by atoms with E-state index in [1.807, 2.05) is 0 Å². The fourth-order valence-corrected chi connectivity index (χ4v) is 1.37. The van der Waals surface area contributed by atoms with Gasteiger partial charge in [0.15, 0.2) is 0 Å². The second-order valence-electron chi connectivity index (χ2n) is 3.47. The number of nitrogens with two attached hydrogens (primary N) is 1. The Bertz CT molecular complexity index is 196. The van der Waals surface area contributed by atoms with Crippen LogP contribution in [0.3, 0.4) is 0 Å². The van der Waals surface area contributed by atoms with Crippen molar-refractivity contribution < 1.29 is 18.0 Å². The summed E-state index contributed by atoms with van der Waals surface area (Å²) in [6.07, 6.45) is -4.03. The molecule has 0 aromatic rings. The largest absolute Gasteiger partial charge is 0.390 e. The van der Waals surface area contributed by atoms with Crippen LogP contribution in [0.1, 0.15) is 32.1 Å². The van der Waals surface area contributed by atoms with Crippen molar-refractivity contribution in [1.29, 1.82) is 0 Å². The highest BCUT2D eigenvalue weighted by molar-refractivity contribution is 6.17. The van der Waals surface area contributed by atoms with E-state index in [0.29, 0.717) is 18.7 Å². The van der Waals surface area contributed by atoms with E-state index < -0.39 is 18.6 Å². The molecule has 0 aliphatic heterocycles. The van der Waals surface area contributed by atoms with Crippen LogP contribution in [0.4, 0.5) is 13.2 Å². The normalized spacial score (nSPS) is 13.9. The van der Waals surface area contributed by atoms with Gasteiger partial charge < -0.3 is 5.73 Å². The monoisotopic (exact) mass is 245 g/mol. The second-order valence-corrected chi connectivity index (χ2v) is 3.85. The molecule has 2 N–H and O–H groups in total. The maximum absolute atomic E-state index is 11.9. The molecular weight excluding hydrogens is 231 g/mol. The van der Waals surface area contributed by atoms with E-state index in [4.69, 9.17) is 17.3 Å². The SMILES string of the molecule is NC(CC(=O)CCCCCl)CC(F)(F)F. The van der Waals surface area contributed by atoms with Crippen LogP contribution in [0, 0.1) is 0 Å². The van der Waals surface area contributed by atoms with Crippen LogP contribution in [0.5, 0.6) is 0 Å². The predicted molar refractivity (Wildman–Crippen MR) is 52.8 cm³/mol. The standard InChI is InChI=1S/C9H15ClF3NO/c10-4-2-1-3-8(15)5-7(14)6-9(11,12)13/h7H,1-6,14H2. The Morgan fingerprint density at radius 1 is 1.33 bits per heavy atom. The van der Waals surface area contributed by atoms with Crippen LogP contribution in [0.15, 0.2) is 0 Å². The molecule has 0 bridgehead atoms. The molecule has 15 heavy (non-hydrogen) atoms. The molecule has 0 spiro atoms. The number of halogens is 4. The minimum atomic E-state index is -4.30. The lowest BCUT2D eigenvalue weighted by molar-refractivity contribution is -0.139. The Hall–Kier alpha value is -0.290. The summed E-state index contributed by atoms with van der Waals surface area (Å²) in [5, 5.41) is 0. The third-order valence-corrected chi connectivity index (χ3v) is 2.09. The van der Waals surface area contributed by atoms with E-state index in [1.54, 1.807) is 0 Å². The van der Waals surface area contributed by atoms with Gasteiger partial charge in [0.2, 0.25) is 0 Å². The zero-order chi connectivity index (χ0) is 11.9. The van der Waals surface area contributed by atoms with Crippen molar-refractivity contribution in [3.63, 3.8) is 0 Å². The Labute approximate surface area is 92.0 Å². The summed E-state index contributed by atoms with van der Waals surface area (Å²) >= 11 is 5.39. The van der Waals surface area contributed by atoms with Gasteiger partial charge in [0.1, 0.15) is 5.78 Å². The molecule has 0 aliphatic rings. The minimum absolute atomic E-state index is 0.207.